The summed E-state index contributed by atoms with van der Waals surface area (Å²) < 4.78 is 2.69. The molecule has 3 aliphatic heterocycles. The Morgan fingerprint density at radius 3 is 2.48 bits per heavy atom. The first-order chi connectivity index (χ1) is 10.3. The normalized spacial score (nSPS) is 36.1. The monoisotopic (exact) mass is 300 g/mol. The van der Waals surface area contributed by atoms with E-state index in [1.54, 1.807) is 16.0 Å². The molecule has 1 aromatic rings. The van der Waals surface area contributed by atoms with Crippen molar-refractivity contribution in [2.45, 2.75) is 74.0 Å². The van der Waals surface area contributed by atoms with Crippen molar-refractivity contribution in [3.63, 3.8) is 0 Å². The Kier molecular flexibility index (Phi) is 2.93. The Labute approximate surface area is 132 Å². The van der Waals surface area contributed by atoms with E-state index in [0.717, 1.165) is 24.0 Å². The van der Waals surface area contributed by atoms with Crippen LogP contribution in [0.4, 0.5) is 0 Å². The van der Waals surface area contributed by atoms with Crippen molar-refractivity contribution < 1.29 is 0 Å². The molecule has 4 aliphatic rings. The van der Waals surface area contributed by atoms with Gasteiger partial charge < -0.3 is 4.90 Å². The van der Waals surface area contributed by atoms with Gasteiger partial charge in [-0.3, -0.25) is 0 Å². The molecule has 1 aliphatic carbocycles. The highest BCUT2D eigenvalue weighted by atomic mass is 32.2. The fraction of sp³-hybridized carbons (Fsp3) is 0.667. The van der Waals surface area contributed by atoms with Gasteiger partial charge in [0, 0.05) is 29.6 Å². The van der Waals surface area contributed by atoms with E-state index in [9.17, 15) is 0 Å². The molecule has 2 atom stereocenters. The minimum Gasteiger partial charge on any atom is -0.300 e. The predicted molar refractivity (Wildman–Crippen MR) is 87.4 cm³/mol. The van der Waals surface area contributed by atoms with Crippen LogP contribution in [0.25, 0.3) is 0 Å². The fourth-order valence-corrected chi connectivity index (χ4v) is 5.82. The summed E-state index contributed by atoms with van der Waals surface area (Å²) in [4.78, 5) is 4.20. The maximum atomic E-state index is 2.69. The second-order valence-corrected chi connectivity index (χ2v) is 8.58. The van der Waals surface area contributed by atoms with Gasteiger partial charge in [-0.2, -0.15) is 0 Å². The van der Waals surface area contributed by atoms with Crippen molar-refractivity contribution in [2.24, 2.45) is 0 Å². The lowest BCUT2D eigenvalue weighted by molar-refractivity contribution is 0.120. The van der Waals surface area contributed by atoms with Crippen molar-refractivity contribution in [2.75, 3.05) is 7.05 Å². The van der Waals surface area contributed by atoms with Gasteiger partial charge in [0.05, 0.1) is 0 Å². The number of hydrogen-bond donors (Lipinski definition) is 0. The number of nitrogens with zero attached hydrogens (tertiary/aromatic N) is 2. The van der Waals surface area contributed by atoms with E-state index in [2.05, 4.69) is 34.5 Å². The largest absolute Gasteiger partial charge is 0.300 e. The first-order valence-electron chi connectivity index (χ1n) is 8.57. The highest BCUT2D eigenvalue weighted by molar-refractivity contribution is 7.97. The first-order valence-corrected chi connectivity index (χ1v) is 9.34. The average molecular weight is 300 g/mol. The SMILES string of the molecule is CN1C2CCC1CC(N1Cc3ccc(C4CC4)cc3S1)C2. The minimum absolute atomic E-state index is 0.792. The quantitative estimate of drug-likeness (QED) is 0.762. The van der Waals surface area contributed by atoms with E-state index in [1.165, 1.54) is 45.1 Å². The molecule has 0 amide bonds. The van der Waals surface area contributed by atoms with Crippen LogP contribution in [0.15, 0.2) is 23.1 Å². The molecular weight excluding hydrogens is 276 g/mol. The van der Waals surface area contributed by atoms with Gasteiger partial charge in [-0.05, 0) is 80.6 Å². The number of rotatable bonds is 2. The van der Waals surface area contributed by atoms with Crippen LogP contribution in [0.2, 0.25) is 0 Å². The maximum absolute atomic E-state index is 2.69. The summed E-state index contributed by atoms with van der Waals surface area (Å²) in [6, 6.07) is 9.76. The molecule has 1 saturated carbocycles. The topological polar surface area (TPSA) is 6.48 Å². The summed E-state index contributed by atoms with van der Waals surface area (Å²) in [6.07, 6.45) is 8.42. The van der Waals surface area contributed by atoms with Gasteiger partial charge in [0.2, 0.25) is 0 Å². The van der Waals surface area contributed by atoms with E-state index in [-0.39, 0.29) is 0 Å². The Morgan fingerprint density at radius 2 is 1.76 bits per heavy atom. The Morgan fingerprint density at radius 1 is 1.00 bits per heavy atom. The summed E-state index contributed by atoms with van der Waals surface area (Å²) in [5.74, 6) is 0.879. The number of benzene rings is 1. The zero-order valence-corrected chi connectivity index (χ0v) is 13.6. The summed E-state index contributed by atoms with van der Waals surface area (Å²) >= 11 is 2.05. The van der Waals surface area contributed by atoms with Crippen LogP contribution in [0.1, 0.15) is 55.6 Å². The molecule has 3 fully saturated rings. The molecule has 0 N–H and O–H groups in total. The molecule has 0 spiro atoms. The van der Waals surface area contributed by atoms with Crippen molar-refractivity contribution in [3.8, 4) is 0 Å². The number of piperidine rings is 1. The van der Waals surface area contributed by atoms with Crippen LogP contribution in [-0.4, -0.2) is 34.4 Å². The van der Waals surface area contributed by atoms with Crippen LogP contribution in [0.5, 0.6) is 0 Å². The summed E-state index contributed by atoms with van der Waals surface area (Å²) in [5.41, 5.74) is 3.15. The molecule has 1 aromatic carbocycles. The second kappa shape index (κ2) is 4.74. The molecule has 21 heavy (non-hydrogen) atoms. The van der Waals surface area contributed by atoms with Gasteiger partial charge in [0.25, 0.3) is 0 Å². The third-order valence-corrected chi connectivity index (χ3v) is 7.40. The van der Waals surface area contributed by atoms with E-state index < -0.39 is 0 Å². The van der Waals surface area contributed by atoms with Crippen molar-refractivity contribution in [1.82, 2.24) is 9.21 Å². The average Bonchev–Trinajstić information content (AvgIpc) is 3.22. The summed E-state index contributed by atoms with van der Waals surface area (Å²) in [5, 5.41) is 0. The lowest BCUT2D eigenvalue weighted by Crippen LogP contribution is -2.46. The van der Waals surface area contributed by atoms with Gasteiger partial charge in [0.1, 0.15) is 0 Å². The highest BCUT2D eigenvalue weighted by Gasteiger charge is 2.41. The third-order valence-electron chi connectivity index (χ3n) is 6.16. The zero-order valence-electron chi connectivity index (χ0n) is 12.8. The van der Waals surface area contributed by atoms with Crippen LogP contribution in [-0.2, 0) is 6.54 Å². The molecule has 2 saturated heterocycles. The van der Waals surface area contributed by atoms with Crippen LogP contribution in [0, 0.1) is 0 Å². The Hall–Kier alpha value is -0.510. The highest BCUT2D eigenvalue weighted by Crippen LogP contribution is 2.47. The minimum atomic E-state index is 0.792. The molecule has 3 heterocycles. The van der Waals surface area contributed by atoms with E-state index in [1.807, 2.05) is 11.9 Å². The summed E-state index contributed by atoms with van der Waals surface area (Å²) in [7, 11) is 2.34. The molecule has 112 valence electrons. The van der Waals surface area contributed by atoms with Crippen molar-refractivity contribution in [1.29, 1.82) is 0 Å². The fourth-order valence-electron chi connectivity index (χ4n) is 4.61. The number of fused-ring (bicyclic) bond motifs is 3. The molecule has 0 radical (unpaired) electrons. The van der Waals surface area contributed by atoms with Gasteiger partial charge in [0.15, 0.2) is 0 Å². The molecule has 3 heteroatoms. The molecule has 2 nitrogen and oxygen atoms in total. The van der Waals surface area contributed by atoms with Crippen LogP contribution in [0.3, 0.4) is 0 Å². The maximum Gasteiger partial charge on any atom is 0.0358 e. The third kappa shape index (κ3) is 2.16. The lowest BCUT2D eigenvalue weighted by Gasteiger charge is -2.39. The summed E-state index contributed by atoms with van der Waals surface area (Å²) in [6.45, 7) is 1.17. The van der Waals surface area contributed by atoms with Gasteiger partial charge >= 0.3 is 0 Å². The predicted octanol–water partition coefficient (Wildman–Crippen LogP) is 4.01. The van der Waals surface area contributed by atoms with Gasteiger partial charge in [-0.1, -0.05) is 12.1 Å². The molecule has 2 unspecified atom stereocenters. The smallest absolute Gasteiger partial charge is 0.0358 e. The first kappa shape index (κ1) is 13.0. The second-order valence-electron chi connectivity index (χ2n) is 7.48. The Bertz CT molecular complexity index is 554. The molecule has 2 bridgehead atoms. The molecule has 5 rings (SSSR count). The van der Waals surface area contributed by atoms with Crippen LogP contribution < -0.4 is 0 Å². The van der Waals surface area contributed by atoms with Gasteiger partial charge in [-0.15, -0.1) is 0 Å². The Balaban J connectivity index is 1.34. The van der Waals surface area contributed by atoms with Gasteiger partial charge in [-0.25, -0.2) is 4.31 Å². The lowest BCUT2D eigenvalue weighted by atomic mass is 9.97. The van der Waals surface area contributed by atoms with E-state index in [0.29, 0.717) is 0 Å². The van der Waals surface area contributed by atoms with Crippen LogP contribution >= 0.6 is 11.9 Å². The van der Waals surface area contributed by atoms with E-state index >= 15 is 0 Å². The van der Waals surface area contributed by atoms with Crippen molar-refractivity contribution in [3.05, 3.63) is 29.3 Å². The van der Waals surface area contributed by atoms with Crippen molar-refractivity contribution >= 4 is 11.9 Å². The number of hydrogen-bond acceptors (Lipinski definition) is 3. The standard InChI is InChI=1S/C18H24N2S/c1-19-15-6-7-16(19)10-17(9-15)20-11-14-5-4-13(12-2-3-12)8-18(14)21-20/h4-5,8,12,15-17H,2-3,6-7,9-11H2,1H3. The molecular formula is C18H24N2S. The van der Waals surface area contributed by atoms with E-state index in [4.69, 9.17) is 0 Å². The zero-order chi connectivity index (χ0) is 14.0. The molecule has 0 aromatic heterocycles.